The molecule has 1 unspecified atom stereocenters. The van der Waals surface area contributed by atoms with Gasteiger partial charge >= 0.3 is 0 Å². The first kappa shape index (κ1) is 14.3. The highest BCUT2D eigenvalue weighted by molar-refractivity contribution is 6.31. The number of halogens is 2. The van der Waals surface area contributed by atoms with Crippen LogP contribution in [0.5, 0.6) is 0 Å². The second kappa shape index (κ2) is 6.39. The molecular weight excluding hydrogens is 277 g/mol. The van der Waals surface area contributed by atoms with E-state index in [-0.39, 0.29) is 5.82 Å². The van der Waals surface area contributed by atoms with Crippen molar-refractivity contribution in [3.8, 4) is 0 Å². The summed E-state index contributed by atoms with van der Waals surface area (Å²) < 4.78 is 13.3. The van der Waals surface area contributed by atoms with E-state index >= 15 is 0 Å². The number of nitrogens with zero attached hydrogens (tertiary/aromatic N) is 2. The van der Waals surface area contributed by atoms with Gasteiger partial charge in [0.05, 0.1) is 0 Å². The minimum absolute atomic E-state index is 0.208. The number of rotatable bonds is 3. The molecule has 1 N–H and O–H groups in total. The fourth-order valence-corrected chi connectivity index (χ4v) is 3.32. The SMILES string of the molecule is Fc1ccc(Cl)c(CN2CCN(C3CCNC3)CC2)c1. The van der Waals surface area contributed by atoms with E-state index in [9.17, 15) is 4.39 Å². The van der Waals surface area contributed by atoms with Gasteiger partial charge in [-0.15, -0.1) is 0 Å². The van der Waals surface area contributed by atoms with Crippen molar-refractivity contribution in [1.29, 1.82) is 0 Å². The van der Waals surface area contributed by atoms with Gasteiger partial charge in [-0.05, 0) is 36.7 Å². The van der Waals surface area contributed by atoms with Gasteiger partial charge in [0.2, 0.25) is 0 Å². The summed E-state index contributed by atoms with van der Waals surface area (Å²) in [5.41, 5.74) is 0.891. The lowest BCUT2D eigenvalue weighted by Gasteiger charge is -2.37. The molecule has 20 heavy (non-hydrogen) atoms. The van der Waals surface area contributed by atoms with Gasteiger partial charge in [-0.2, -0.15) is 0 Å². The molecule has 0 bridgehead atoms. The van der Waals surface area contributed by atoms with Gasteiger partial charge in [0.15, 0.2) is 0 Å². The van der Waals surface area contributed by atoms with Crippen LogP contribution in [0, 0.1) is 5.82 Å². The maximum atomic E-state index is 13.3. The predicted molar refractivity (Wildman–Crippen MR) is 79.5 cm³/mol. The maximum Gasteiger partial charge on any atom is 0.123 e. The molecule has 5 heteroatoms. The summed E-state index contributed by atoms with van der Waals surface area (Å²) in [7, 11) is 0. The van der Waals surface area contributed by atoms with Gasteiger partial charge in [0.25, 0.3) is 0 Å². The Morgan fingerprint density at radius 2 is 2.05 bits per heavy atom. The number of benzene rings is 1. The average Bonchev–Trinajstić information content (AvgIpc) is 2.98. The van der Waals surface area contributed by atoms with Gasteiger partial charge in [-0.25, -0.2) is 4.39 Å². The van der Waals surface area contributed by atoms with Gasteiger partial charge in [-0.3, -0.25) is 9.80 Å². The zero-order valence-corrected chi connectivity index (χ0v) is 12.4. The van der Waals surface area contributed by atoms with E-state index in [1.54, 1.807) is 12.1 Å². The molecule has 3 nitrogen and oxygen atoms in total. The highest BCUT2D eigenvalue weighted by Crippen LogP contribution is 2.20. The van der Waals surface area contributed by atoms with Gasteiger partial charge in [-0.1, -0.05) is 11.6 Å². The first-order valence-electron chi connectivity index (χ1n) is 7.33. The molecule has 3 rings (SSSR count). The van der Waals surface area contributed by atoms with Crippen LogP contribution >= 0.6 is 11.6 Å². The Morgan fingerprint density at radius 3 is 2.75 bits per heavy atom. The molecule has 0 radical (unpaired) electrons. The smallest absolute Gasteiger partial charge is 0.123 e. The summed E-state index contributed by atoms with van der Waals surface area (Å²) >= 11 is 6.14. The van der Waals surface area contributed by atoms with Crippen LogP contribution in [0.25, 0.3) is 0 Å². The number of nitrogens with one attached hydrogen (secondary N) is 1. The molecule has 0 aliphatic carbocycles. The number of piperazine rings is 1. The maximum absolute atomic E-state index is 13.3. The molecule has 0 amide bonds. The molecule has 0 aromatic heterocycles. The summed E-state index contributed by atoms with van der Waals surface area (Å²) in [5.74, 6) is -0.208. The minimum atomic E-state index is -0.208. The molecule has 110 valence electrons. The Hall–Kier alpha value is -0.680. The predicted octanol–water partition coefficient (Wildman–Crippen LogP) is 1.96. The average molecular weight is 298 g/mol. The number of hydrogen-bond donors (Lipinski definition) is 1. The fourth-order valence-electron chi connectivity index (χ4n) is 3.14. The molecule has 1 atom stereocenters. The Bertz CT molecular complexity index is 454. The summed E-state index contributed by atoms with van der Waals surface area (Å²) in [4.78, 5) is 4.93. The van der Waals surface area contributed by atoms with Gasteiger partial charge < -0.3 is 5.32 Å². The quantitative estimate of drug-likeness (QED) is 0.920. The first-order chi connectivity index (χ1) is 9.72. The van der Waals surface area contributed by atoms with Crippen LogP contribution in [-0.4, -0.2) is 55.1 Å². The molecule has 0 spiro atoms. The summed E-state index contributed by atoms with van der Waals surface area (Å²) in [5, 5.41) is 4.08. The highest BCUT2D eigenvalue weighted by atomic mass is 35.5. The largest absolute Gasteiger partial charge is 0.315 e. The van der Waals surface area contributed by atoms with Crippen LogP contribution < -0.4 is 5.32 Å². The monoisotopic (exact) mass is 297 g/mol. The van der Waals surface area contributed by atoms with E-state index in [0.717, 1.165) is 51.4 Å². The second-order valence-electron chi connectivity index (χ2n) is 5.69. The zero-order chi connectivity index (χ0) is 13.9. The third kappa shape index (κ3) is 3.31. The van der Waals surface area contributed by atoms with Gasteiger partial charge in [0, 0.05) is 50.3 Å². The highest BCUT2D eigenvalue weighted by Gasteiger charge is 2.26. The molecule has 2 fully saturated rings. The van der Waals surface area contributed by atoms with Crippen molar-refractivity contribution in [1.82, 2.24) is 15.1 Å². The molecule has 2 heterocycles. The molecule has 1 aromatic rings. The van der Waals surface area contributed by atoms with E-state index in [2.05, 4.69) is 15.1 Å². The number of hydrogen-bond acceptors (Lipinski definition) is 3. The van der Waals surface area contributed by atoms with E-state index in [4.69, 9.17) is 11.6 Å². The van der Waals surface area contributed by atoms with Crippen molar-refractivity contribution < 1.29 is 4.39 Å². The van der Waals surface area contributed by atoms with E-state index in [1.165, 1.54) is 12.5 Å². The van der Waals surface area contributed by atoms with Crippen molar-refractivity contribution in [2.75, 3.05) is 39.3 Å². The standard InChI is InChI=1S/C15H21ClFN3/c16-15-2-1-13(17)9-12(15)11-19-5-7-20(8-6-19)14-3-4-18-10-14/h1-2,9,14,18H,3-8,10-11H2. The van der Waals surface area contributed by atoms with Crippen LogP contribution in [0.1, 0.15) is 12.0 Å². The lowest BCUT2D eigenvalue weighted by Crippen LogP contribution is -2.50. The third-order valence-electron chi connectivity index (χ3n) is 4.36. The summed E-state index contributed by atoms with van der Waals surface area (Å²) in [6.07, 6.45) is 1.26. The van der Waals surface area contributed by atoms with Gasteiger partial charge in [0.1, 0.15) is 5.82 Å². The van der Waals surface area contributed by atoms with E-state index in [0.29, 0.717) is 11.1 Å². The molecule has 1 aromatic carbocycles. The second-order valence-corrected chi connectivity index (χ2v) is 6.10. The molecular formula is C15H21ClFN3. The Kier molecular flexibility index (Phi) is 4.56. The topological polar surface area (TPSA) is 18.5 Å². The Morgan fingerprint density at radius 1 is 1.25 bits per heavy atom. The first-order valence-corrected chi connectivity index (χ1v) is 7.71. The zero-order valence-electron chi connectivity index (χ0n) is 11.6. The molecule has 2 aliphatic rings. The minimum Gasteiger partial charge on any atom is -0.315 e. The van der Waals surface area contributed by atoms with Crippen LogP contribution in [-0.2, 0) is 6.54 Å². The molecule has 2 aliphatic heterocycles. The van der Waals surface area contributed by atoms with Crippen LogP contribution in [0.3, 0.4) is 0 Å². The van der Waals surface area contributed by atoms with Crippen LogP contribution in [0.4, 0.5) is 4.39 Å². The van der Waals surface area contributed by atoms with E-state index in [1.807, 2.05) is 0 Å². The third-order valence-corrected chi connectivity index (χ3v) is 4.73. The fraction of sp³-hybridized carbons (Fsp3) is 0.600. The Balaban J connectivity index is 1.54. The lowest BCUT2D eigenvalue weighted by atomic mass is 10.1. The van der Waals surface area contributed by atoms with Crippen molar-refractivity contribution in [2.24, 2.45) is 0 Å². The normalized spacial score (nSPS) is 25.2. The van der Waals surface area contributed by atoms with E-state index < -0.39 is 0 Å². The van der Waals surface area contributed by atoms with Crippen molar-refractivity contribution in [3.63, 3.8) is 0 Å². The van der Waals surface area contributed by atoms with Crippen LogP contribution in [0.2, 0.25) is 5.02 Å². The Labute approximate surface area is 124 Å². The van der Waals surface area contributed by atoms with Crippen molar-refractivity contribution >= 4 is 11.6 Å². The van der Waals surface area contributed by atoms with Crippen molar-refractivity contribution in [2.45, 2.75) is 19.0 Å². The summed E-state index contributed by atoms with van der Waals surface area (Å²) in [6, 6.07) is 5.31. The molecule has 0 saturated carbocycles. The molecule has 2 saturated heterocycles. The van der Waals surface area contributed by atoms with Crippen LogP contribution in [0.15, 0.2) is 18.2 Å². The summed E-state index contributed by atoms with van der Waals surface area (Å²) in [6.45, 7) is 7.26. The van der Waals surface area contributed by atoms with Crippen molar-refractivity contribution in [3.05, 3.63) is 34.6 Å². The lowest BCUT2D eigenvalue weighted by molar-refractivity contribution is 0.0981.